The maximum absolute atomic E-state index is 5.92. The lowest BCUT2D eigenvalue weighted by molar-refractivity contribution is 0.412. The van der Waals surface area contributed by atoms with E-state index in [9.17, 15) is 0 Å². The topological polar surface area (TPSA) is 51.0 Å². The van der Waals surface area contributed by atoms with Gasteiger partial charge in [-0.1, -0.05) is 28.4 Å². The van der Waals surface area contributed by atoms with Crippen molar-refractivity contribution in [3.63, 3.8) is 0 Å². The molecule has 6 heteroatoms. The van der Waals surface area contributed by atoms with E-state index in [4.69, 9.17) is 23.2 Å². The van der Waals surface area contributed by atoms with Crippen LogP contribution in [-0.4, -0.2) is 10.1 Å². The highest BCUT2D eigenvalue weighted by Gasteiger charge is 2.03. The molecule has 2 rings (SSSR count). The third kappa shape index (κ3) is 2.61. The Morgan fingerprint density at radius 3 is 2.93 bits per heavy atom. The molecule has 4 nitrogen and oxygen atoms in total. The van der Waals surface area contributed by atoms with Crippen LogP contribution in [0.4, 0.5) is 5.82 Å². The van der Waals surface area contributed by atoms with Crippen LogP contribution in [0.3, 0.4) is 0 Å². The van der Waals surface area contributed by atoms with Crippen LogP contribution in [0, 0.1) is 0 Å². The molecule has 0 aliphatic heterocycles. The Morgan fingerprint density at radius 2 is 2.27 bits per heavy atom. The minimum absolute atomic E-state index is 0.478. The van der Waals surface area contributed by atoms with Gasteiger partial charge in [0.05, 0.1) is 16.6 Å². The Kier molecular flexibility index (Phi) is 3.08. The Labute approximate surface area is 96.2 Å². The number of hydrogen-bond donors (Lipinski definition) is 1. The summed E-state index contributed by atoms with van der Waals surface area (Å²) in [6.07, 6.45) is 3.03. The van der Waals surface area contributed by atoms with Gasteiger partial charge in [0.25, 0.3) is 0 Å². The van der Waals surface area contributed by atoms with Crippen LogP contribution in [0.25, 0.3) is 0 Å². The van der Waals surface area contributed by atoms with Gasteiger partial charge in [-0.05, 0) is 6.07 Å². The number of hydrogen-bond acceptors (Lipinski definition) is 4. The predicted octanol–water partition coefficient (Wildman–Crippen LogP) is 2.99. The molecule has 0 fully saturated rings. The summed E-state index contributed by atoms with van der Waals surface area (Å²) in [6.45, 7) is 0.505. The van der Waals surface area contributed by atoms with E-state index < -0.39 is 0 Å². The quantitative estimate of drug-likeness (QED) is 0.901. The SMILES string of the molecule is Clc1cnc(NCc2ccon2)c(Cl)c1. The average Bonchev–Trinajstić information content (AvgIpc) is 2.69. The van der Waals surface area contributed by atoms with Crippen molar-refractivity contribution >= 4 is 29.0 Å². The maximum atomic E-state index is 5.92. The molecule has 0 unspecified atom stereocenters. The molecule has 0 saturated carbocycles. The van der Waals surface area contributed by atoms with Crippen molar-refractivity contribution in [1.29, 1.82) is 0 Å². The highest BCUT2D eigenvalue weighted by atomic mass is 35.5. The molecule has 0 saturated heterocycles. The molecule has 1 N–H and O–H groups in total. The Morgan fingerprint density at radius 1 is 1.40 bits per heavy atom. The van der Waals surface area contributed by atoms with Crippen molar-refractivity contribution in [3.05, 3.63) is 40.3 Å². The lowest BCUT2D eigenvalue weighted by Gasteiger charge is -2.04. The fourth-order valence-electron chi connectivity index (χ4n) is 1.05. The van der Waals surface area contributed by atoms with Crippen LogP contribution in [-0.2, 0) is 6.54 Å². The molecule has 15 heavy (non-hydrogen) atoms. The molecule has 0 aliphatic carbocycles. The molecule has 0 radical (unpaired) electrons. The molecule has 0 aliphatic rings. The number of nitrogens with zero attached hydrogens (tertiary/aromatic N) is 2. The lowest BCUT2D eigenvalue weighted by atomic mass is 10.4. The van der Waals surface area contributed by atoms with Crippen LogP contribution < -0.4 is 5.32 Å². The van der Waals surface area contributed by atoms with Gasteiger partial charge in [0, 0.05) is 12.3 Å². The van der Waals surface area contributed by atoms with Gasteiger partial charge in [0.1, 0.15) is 17.8 Å². The Balaban J connectivity index is 2.05. The Bertz CT molecular complexity index is 445. The molecular formula is C9H7Cl2N3O. The summed E-state index contributed by atoms with van der Waals surface area (Å²) in [5.41, 5.74) is 0.780. The molecule has 0 bridgehead atoms. The fraction of sp³-hybridized carbons (Fsp3) is 0.111. The standard InChI is InChI=1S/C9H7Cl2N3O/c10-6-3-8(11)9(12-4-6)13-5-7-1-2-15-14-7/h1-4H,5H2,(H,12,13). The summed E-state index contributed by atoms with van der Waals surface area (Å²) < 4.78 is 4.69. The molecule has 0 amide bonds. The van der Waals surface area contributed by atoms with E-state index in [-0.39, 0.29) is 0 Å². The van der Waals surface area contributed by atoms with Crippen molar-refractivity contribution in [2.24, 2.45) is 0 Å². The maximum Gasteiger partial charge on any atom is 0.145 e. The largest absolute Gasteiger partial charge is 0.364 e. The van der Waals surface area contributed by atoms with Crippen molar-refractivity contribution < 1.29 is 4.52 Å². The van der Waals surface area contributed by atoms with Crippen LogP contribution in [0.2, 0.25) is 10.0 Å². The van der Waals surface area contributed by atoms with Crippen LogP contribution in [0.5, 0.6) is 0 Å². The van der Waals surface area contributed by atoms with Gasteiger partial charge in [-0.3, -0.25) is 0 Å². The molecule has 78 valence electrons. The van der Waals surface area contributed by atoms with E-state index in [1.165, 1.54) is 12.5 Å². The zero-order valence-electron chi connectivity index (χ0n) is 7.58. The number of halogens is 2. The second-order valence-corrected chi connectivity index (χ2v) is 3.67. The van der Waals surface area contributed by atoms with Crippen molar-refractivity contribution in [2.75, 3.05) is 5.32 Å². The van der Waals surface area contributed by atoms with Gasteiger partial charge in [-0.25, -0.2) is 4.98 Å². The molecule has 2 aromatic heterocycles. The second kappa shape index (κ2) is 4.51. The summed E-state index contributed by atoms with van der Waals surface area (Å²) in [6, 6.07) is 3.39. The molecule has 0 atom stereocenters. The number of nitrogens with one attached hydrogen (secondary N) is 1. The molecule has 0 spiro atoms. The summed E-state index contributed by atoms with van der Waals surface area (Å²) in [4.78, 5) is 4.04. The third-order valence-electron chi connectivity index (χ3n) is 1.74. The average molecular weight is 244 g/mol. The zero-order valence-corrected chi connectivity index (χ0v) is 9.09. The van der Waals surface area contributed by atoms with E-state index in [0.717, 1.165) is 5.69 Å². The summed E-state index contributed by atoms with van der Waals surface area (Å²) in [7, 11) is 0. The first-order valence-electron chi connectivity index (χ1n) is 4.20. The molecule has 2 aromatic rings. The highest BCUT2D eigenvalue weighted by Crippen LogP contribution is 2.22. The van der Waals surface area contributed by atoms with Crippen molar-refractivity contribution in [1.82, 2.24) is 10.1 Å². The smallest absolute Gasteiger partial charge is 0.145 e. The van der Waals surface area contributed by atoms with Gasteiger partial charge in [0.15, 0.2) is 0 Å². The number of anilines is 1. The normalized spacial score (nSPS) is 10.3. The summed E-state index contributed by atoms with van der Waals surface area (Å²) in [5, 5.41) is 7.75. The first-order valence-corrected chi connectivity index (χ1v) is 4.95. The van der Waals surface area contributed by atoms with E-state index in [1.807, 2.05) is 0 Å². The predicted molar refractivity (Wildman–Crippen MR) is 58.1 cm³/mol. The van der Waals surface area contributed by atoms with Crippen LogP contribution in [0.1, 0.15) is 5.69 Å². The highest BCUT2D eigenvalue weighted by molar-refractivity contribution is 6.35. The molecule has 0 aromatic carbocycles. The molecule has 2 heterocycles. The Hall–Kier alpha value is -1.26. The van der Waals surface area contributed by atoms with Gasteiger partial charge < -0.3 is 9.84 Å². The van der Waals surface area contributed by atoms with E-state index in [0.29, 0.717) is 22.4 Å². The van der Waals surface area contributed by atoms with Gasteiger partial charge in [-0.2, -0.15) is 0 Å². The van der Waals surface area contributed by atoms with Crippen molar-refractivity contribution in [3.8, 4) is 0 Å². The zero-order chi connectivity index (χ0) is 10.7. The summed E-state index contributed by atoms with van der Waals surface area (Å²) >= 11 is 11.6. The minimum Gasteiger partial charge on any atom is -0.364 e. The second-order valence-electron chi connectivity index (χ2n) is 2.83. The number of rotatable bonds is 3. The lowest BCUT2D eigenvalue weighted by Crippen LogP contribution is -2.01. The first-order chi connectivity index (χ1) is 7.25. The van der Waals surface area contributed by atoms with Crippen molar-refractivity contribution in [2.45, 2.75) is 6.54 Å². The van der Waals surface area contributed by atoms with E-state index >= 15 is 0 Å². The third-order valence-corrected chi connectivity index (χ3v) is 2.23. The van der Waals surface area contributed by atoms with E-state index in [2.05, 4.69) is 20.0 Å². The van der Waals surface area contributed by atoms with Gasteiger partial charge in [0.2, 0.25) is 0 Å². The van der Waals surface area contributed by atoms with Crippen LogP contribution >= 0.6 is 23.2 Å². The van der Waals surface area contributed by atoms with Gasteiger partial charge >= 0.3 is 0 Å². The van der Waals surface area contributed by atoms with Crippen LogP contribution in [0.15, 0.2) is 29.1 Å². The first kappa shape index (κ1) is 10.3. The fourth-order valence-corrected chi connectivity index (χ4v) is 1.49. The van der Waals surface area contributed by atoms with E-state index in [1.54, 1.807) is 12.1 Å². The summed E-state index contributed by atoms with van der Waals surface area (Å²) in [5.74, 6) is 0.573. The van der Waals surface area contributed by atoms with Gasteiger partial charge in [-0.15, -0.1) is 0 Å². The monoisotopic (exact) mass is 243 g/mol. The number of pyridine rings is 1. The number of aromatic nitrogens is 2. The molecular weight excluding hydrogens is 237 g/mol. The minimum atomic E-state index is 0.478.